The van der Waals surface area contributed by atoms with Gasteiger partial charge in [-0.1, -0.05) is 11.6 Å². The maximum atomic E-state index is 13.1. The standard InChI is InChI=1S/C18H18ClF3N6O4/c1-2-32-17(29)27-7-5-26(6-8-27)16-14(28(30)31)15(23-10-24-16)25-11-3-4-13(19)12(9-11)18(20,21)22/h3-4,9-10H,2,5-8H2,1H3,(H,23,24,25). The highest BCUT2D eigenvalue weighted by molar-refractivity contribution is 6.31. The molecule has 172 valence electrons. The summed E-state index contributed by atoms with van der Waals surface area (Å²) in [6.07, 6.45) is -4.10. The molecule has 2 heterocycles. The highest BCUT2D eigenvalue weighted by Crippen LogP contribution is 2.38. The Hall–Kier alpha value is -3.35. The number of piperazine rings is 1. The molecule has 1 amide bonds. The third kappa shape index (κ3) is 5.10. The number of aromatic nitrogens is 2. The molecule has 1 fully saturated rings. The number of carbonyl (C=O) groups is 1. The van der Waals surface area contributed by atoms with Crippen LogP contribution in [0.2, 0.25) is 5.02 Å². The number of anilines is 3. The van der Waals surface area contributed by atoms with E-state index in [4.69, 9.17) is 16.3 Å². The minimum Gasteiger partial charge on any atom is -0.450 e. The van der Waals surface area contributed by atoms with E-state index in [9.17, 15) is 28.1 Å². The summed E-state index contributed by atoms with van der Waals surface area (Å²) in [6, 6.07) is 3.03. The van der Waals surface area contributed by atoms with E-state index in [0.29, 0.717) is 0 Å². The second-order valence-corrected chi connectivity index (χ2v) is 7.05. The van der Waals surface area contributed by atoms with Gasteiger partial charge in [0.2, 0.25) is 11.6 Å². The Morgan fingerprint density at radius 3 is 2.56 bits per heavy atom. The van der Waals surface area contributed by atoms with Crippen molar-refractivity contribution >= 4 is 40.7 Å². The molecule has 2 aromatic rings. The number of nitro groups is 1. The molecule has 10 nitrogen and oxygen atoms in total. The van der Waals surface area contributed by atoms with Gasteiger partial charge < -0.3 is 19.9 Å². The first-order valence-electron chi connectivity index (χ1n) is 9.41. The Morgan fingerprint density at radius 1 is 1.28 bits per heavy atom. The first kappa shape index (κ1) is 23.3. The Balaban J connectivity index is 1.87. The Labute approximate surface area is 185 Å². The van der Waals surface area contributed by atoms with Gasteiger partial charge >= 0.3 is 18.0 Å². The number of carbonyl (C=O) groups excluding carboxylic acids is 1. The molecular formula is C18H18ClF3N6O4. The van der Waals surface area contributed by atoms with E-state index in [1.165, 1.54) is 11.0 Å². The third-order valence-corrected chi connectivity index (χ3v) is 4.95. The van der Waals surface area contributed by atoms with E-state index in [-0.39, 0.29) is 50.1 Å². The van der Waals surface area contributed by atoms with Gasteiger partial charge in [0.05, 0.1) is 22.1 Å². The van der Waals surface area contributed by atoms with Crippen LogP contribution in [0, 0.1) is 10.1 Å². The van der Waals surface area contributed by atoms with Gasteiger partial charge in [-0.15, -0.1) is 0 Å². The number of nitrogens with zero attached hydrogens (tertiary/aromatic N) is 5. The molecule has 3 rings (SSSR count). The van der Waals surface area contributed by atoms with E-state index in [2.05, 4.69) is 15.3 Å². The van der Waals surface area contributed by atoms with Gasteiger partial charge in [-0.2, -0.15) is 13.2 Å². The van der Waals surface area contributed by atoms with Crippen molar-refractivity contribution in [2.24, 2.45) is 0 Å². The number of hydrogen-bond acceptors (Lipinski definition) is 8. The Kier molecular flexibility index (Phi) is 6.87. The fourth-order valence-corrected chi connectivity index (χ4v) is 3.36. The highest BCUT2D eigenvalue weighted by atomic mass is 35.5. The second kappa shape index (κ2) is 9.42. The topological polar surface area (TPSA) is 114 Å². The summed E-state index contributed by atoms with van der Waals surface area (Å²) in [7, 11) is 0. The average Bonchev–Trinajstić information content (AvgIpc) is 2.74. The fourth-order valence-electron chi connectivity index (χ4n) is 3.13. The predicted octanol–water partition coefficient (Wildman–Crippen LogP) is 4.08. The van der Waals surface area contributed by atoms with Crippen LogP contribution in [0.3, 0.4) is 0 Å². The molecule has 1 aromatic heterocycles. The Bertz CT molecular complexity index is 1010. The van der Waals surface area contributed by atoms with Crippen molar-refractivity contribution in [3.8, 4) is 0 Å². The molecule has 1 N–H and O–H groups in total. The molecule has 32 heavy (non-hydrogen) atoms. The van der Waals surface area contributed by atoms with Gasteiger partial charge in [0, 0.05) is 31.9 Å². The molecule has 0 spiro atoms. The molecule has 1 aliphatic heterocycles. The maximum absolute atomic E-state index is 13.1. The van der Waals surface area contributed by atoms with E-state index in [0.717, 1.165) is 18.5 Å². The van der Waals surface area contributed by atoms with Gasteiger partial charge in [0.1, 0.15) is 6.33 Å². The van der Waals surface area contributed by atoms with Crippen LogP contribution in [0.25, 0.3) is 0 Å². The lowest BCUT2D eigenvalue weighted by molar-refractivity contribution is -0.383. The van der Waals surface area contributed by atoms with Crippen LogP contribution >= 0.6 is 11.6 Å². The SMILES string of the molecule is CCOC(=O)N1CCN(c2ncnc(Nc3ccc(Cl)c(C(F)(F)F)c3)c2[N+](=O)[O-])CC1. The summed E-state index contributed by atoms with van der Waals surface area (Å²) in [5.41, 5.74) is -1.67. The third-order valence-electron chi connectivity index (χ3n) is 4.63. The maximum Gasteiger partial charge on any atom is 0.417 e. The van der Waals surface area contributed by atoms with E-state index in [1.54, 1.807) is 11.8 Å². The molecule has 0 saturated carbocycles. The van der Waals surface area contributed by atoms with Crippen LogP contribution in [0.15, 0.2) is 24.5 Å². The van der Waals surface area contributed by atoms with Crippen molar-refractivity contribution in [3.05, 3.63) is 45.2 Å². The first-order chi connectivity index (χ1) is 15.1. The van der Waals surface area contributed by atoms with Crippen LogP contribution in [0.5, 0.6) is 0 Å². The van der Waals surface area contributed by atoms with Crippen LogP contribution in [0.1, 0.15) is 12.5 Å². The predicted molar refractivity (Wildman–Crippen MR) is 109 cm³/mol. The lowest BCUT2D eigenvalue weighted by Gasteiger charge is -2.34. The number of amides is 1. The van der Waals surface area contributed by atoms with Crippen LogP contribution in [-0.2, 0) is 10.9 Å². The fraction of sp³-hybridized carbons (Fsp3) is 0.389. The lowest BCUT2D eigenvalue weighted by atomic mass is 10.2. The zero-order valence-corrected chi connectivity index (χ0v) is 17.5. The lowest BCUT2D eigenvalue weighted by Crippen LogP contribution is -2.49. The van der Waals surface area contributed by atoms with Crippen LogP contribution in [0.4, 0.5) is 41.0 Å². The van der Waals surface area contributed by atoms with Gasteiger partial charge in [-0.05, 0) is 25.1 Å². The van der Waals surface area contributed by atoms with Crippen LogP contribution in [-0.4, -0.2) is 58.7 Å². The van der Waals surface area contributed by atoms with Crippen molar-refractivity contribution in [2.75, 3.05) is 43.0 Å². The molecule has 14 heteroatoms. The van der Waals surface area contributed by atoms with E-state index < -0.39 is 33.5 Å². The molecule has 0 radical (unpaired) electrons. The average molecular weight is 475 g/mol. The number of halogens is 4. The van der Waals surface area contributed by atoms with E-state index >= 15 is 0 Å². The van der Waals surface area contributed by atoms with Crippen molar-refractivity contribution in [3.63, 3.8) is 0 Å². The summed E-state index contributed by atoms with van der Waals surface area (Å²) in [5.74, 6) is -0.288. The summed E-state index contributed by atoms with van der Waals surface area (Å²) in [5, 5.41) is 13.8. The molecule has 0 unspecified atom stereocenters. The minimum absolute atomic E-state index is 0.0129. The van der Waals surface area contributed by atoms with Gasteiger partial charge in [0.15, 0.2) is 0 Å². The van der Waals surface area contributed by atoms with Crippen molar-refractivity contribution in [1.29, 1.82) is 0 Å². The number of hydrogen-bond donors (Lipinski definition) is 1. The molecular weight excluding hydrogens is 457 g/mol. The highest BCUT2D eigenvalue weighted by Gasteiger charge is 2.34. The summed E-state index contributed by atoms with van der Waals surface area (Å²) < 4.78 is 44.3. The number of nitrogens with one attached hydrogen (secondary N) is 1. The minimum atomic E-state index is -4.70. The molecule has 1 saturated heterocycles. The summed E-state index contributed by atoms with van der Waals surface area (Å²) in [6.45, 7) is 2.92. The zero-order chi connectivity index (χ0) is 23.5. The summed E-state index contributed by atoms with van der Waals surface area (Å²) >= 11 is 5.62. The van der Waals surface area contributed by atoms with Crippen molar-refractivity contribution < 1.29 is 27.6 Å². The van der Waals surface area contributed by atoms with E-state index in [1.807, 2.05) is 0 Å². The smallest absolute Gasteiger partial charge is 0.417 e. The first-order valence-corrected chi connectivity index (χ1v) is 9.79. The molecule has 1 aliphatic rings. The largest absolute Gasteiger partial charge is 0.450 e. The number of rotatable bonds is 5. The molecule has 0 aliphatic carbocycles. The second-order valence-electron chi connectivity index (χ2n) is 6.64. The monoisotopic (exact) mass is 474 g/mol. The molecule has 0 atom stereocenters. The van der Waals surface area contributed by atoms with Crippen molar-refractivity contribution in [1.82, 2.24) is 14.9 Å². The van der Waals surface area contributed by atoms with Crippen molar-refractivity contribution in [2.45, 2.75) is 13.1 Å². The quantitative estimate of drug-likeness (QED) is 0.509. The van der Waals surface area contributed by atoms with Crippen LogP contribution < -0.4 is 10.2 Å². The Morgan fingerprint density at radius 2 is 1.97 bits per heavy atom. The molecule has 0 bridgehead atoms. The normalized spacial score (nSPS) is 14.3. The van der Waals surface area contributed by atoms with Gasteiger partial charge in [-0.25, -0.2) is 14.8 Å². The number of alkyl halides is 3. The van der Waals surface area contributed by atoms with Gasteiger partial charge in [-0.3, -0.25) is 10.1 Å². The number of ether oxygens (including phenoxy) is 1. The summed E-state index contributed by atoms with van der Waals surface area (Å²) in [4.78, 5) is 33.8. The zero-order valence-electron chi connectivity index (χ0n) is 16.7. The molecule has 1 aromatic carbocycles. The number of benzene rings is 1. The van der Waals surface area contributed by atoms with Gasteiger partial charge in [0.25, 0.3) is 0 Å².